The molecule has 0 atom stereocenters. The standard InChI is InChI=1S/C14H17N5/c1-2-5-19-10-15-8-13(19)9-16-12-4-3-11-7-17-18-14(11)6-12/h3-4,6-8,10,16H,2,5,9H2,1H3,(H,17,18). The summed E-state index contributed by atoms with van der Waals surface area (Å²) in [7, 11) is 0. The Labute approximate surface area is 111 Å². The lowest BCUT2D eigenvalue weighted by atomic mass is 10.2. The number of anilines is 1. The van der Waals surface area contributed by atoms with Gasteiger partial charge in [0.25, 0.3) is 0 Å². The Bertz CT molecular complexity index is 667. The van der Waals surface area contributed by atoms with E-state index >= 15 is 0 Å². The van der Waals surface area contributed by atoms with Crippen molar-refractivity contribution in [3.63, 3.8) is 0 Å². The van der Waals surface area contributed by atoms with Gasteiger partial charge in [0.1, 0.15) is 0 Å². The minimum atomic E-state index is 0.777. The molecule has 98 valence electrons. The van der Waals surface area contributed by atoms with Crippen LogP contribution in [0.5, 0.6) is 0 Å². The second-order valence-electron chi connectivity index (χ2n) is 4.60. The van der Waals surface area contributed by atoms with Crippen LogP contribution in [0.2, 0.25) is 0 Å². The molecule has 0 amide bonds. The summed E-state index contributed by atoms with van der Waals surface area (Å²) in [6, 6.07) is 6.20. The zero-order valence-corrected chi connectivity index (χ0v) is 10.9. The number of rotatable bonds is 5. The molecule has 0 saturated heterocycles. The smallest absolute Gasteiger partial charge is 0.0948 e. The largest absolute Gasteiger partial charge is 0.379 e. The van der Waals surface area contributed by atoms with Crippen LogP contribution in [0.3, 0.4) is 0 Å². The molecule has 19 heavy (non-hydrogen) atoms. The summed E-state index contributed by atoms with van der Waals surface area (Å²) in [6.07, 6.45) is 6.74. The maximum Gasteiger partial charge on any atom is 0.0948 e. The quantitative estimate of drug-likeness (QED) is 0.737. The van der Waals surface area contributed by atoms with Crippen LogP contribution in [0.15, 0.2) is 36.9 Å². The zero-order valence-electron chi connectivity index (χ0n) is 10.9. The minimum Gasteiger partial charge on any atom is -0.379 e. The van der Waals surface area contributed by atoms with Crippen LogP contribution >= 0.6 is 0 Å². The molecule has 0 radical (unpaired) electrons. The molecule has 2 aromatic heterocycles. The summed E-state index contributed by atoms with van der Waals surface area (Å²) in [6.45, 7) is 3.96. The van der Waals surface area contributed by atoms with E-state index < -0.39 is 0 Å². The molecule has 0 spiro atoms. The second kappa shape index (κ2) is 5.14. The molecule has 0 bridgehead atoms. The molecule has 3 rings (SSSR count). The maximum atomic E-state index is 4.20. The third-order valence-electron chi connectivity index (χ3n) is 3.18. The highest BCUT2D eigenvalue weighted by molar-refractivity contribution is 5.81. The molecule has 0 aliphatic heterocycles. The highest BCUT2D eigenvalue weighted by atomic mass is 15.1. The Morgan fingerprint density at radius 3 is 3.16 bits per heavy atom. The number of fused-ring (bicyclic) bond motifs is 1. The van der Waals surface area contributed by atoms with Crippen molar-refractivity contribution in [2.24, 2.45) is 0 Å². The molecular formula is C14H17N5. The van der Waals surface area contributed by atoms with E-state index in [0.717, 1.165) is 36.1 Å². The molecule has 0 aliphatic carbocycles. The lowest BCUT2D eigenvalue weighted by Crippen LogP contribution is -2.06. The normalized spacial score (nSPS) is 11.0. The summed E-state index contributed by atoms with van der Waals surface area (Å²) >= 11 is 0. The topological polar surface area (TPSA) is 58.5 Å². The molecule has 0 aliphatic rings. The van der Waals surface area contributed by atoms with Crippen molar-refractivity contribution in [1.29, 1.82) is 0 Å². The van der Waals surface area contributed by atoms with Crippen molar-refractivity contribution in [3.05, 3.63) is 42.6 Å². The van der Waals surface area contributed by atoms with Gasteiger partial charge in [-0.1, -0.05) is 6.92 Å². The summed E-state index contributed by atoms with van der Waals surface area (Å²) in [5.41, 5.74) is 3.33. The van der Waals surface area contributed by atoms with E-state index in [1.807, 2.05) is 18.7 Å². The summed E-state index contributed by atoms with van der Waals surface area (Å²) < 4.78 is 2.18. The van der Waals surface area contributed by atoms with Crippen molar-refractivity contribution in [2.75, 3.05) is 5.32 Å². The first kappa shape index (κ1) is 11.8. The number of nitrogens with zero attached hydrogens (tertiary/aromatic N) is 3. The molecule has 2 heterocycles. The lowest BCUT2D eigenvalue weighted by Gasteiger charge is -2.09. The zero-order chi connectivity index (χ0) is 13.1. The molecule has 5 heteroatoms. The number of hydrogen-bond acceptors (Lipinski definition) is 3. The third-order valence-corrected chi connectivity index (χ3v) is 3.18. The maximum absolute atomic E-state index is 4.20. The SMILES string of the molecule is CCCn1cncc1CNc1ccc2cn[nH]c2c1. The van der Waals surface area contributed by atoms with Crippen LogP contribution in [0.4, 0.5) is 5.69 Å². The molecule has 3 aromatic rings. The molecule has 0 saturated carbocycles. The van der Waals surface area contributed by atoms with E-state index in [0.29, 0.717) is 0 Å². The van der Waals surface area contributed by atoms with E-state index in [1.165, 1.54) is 5.69 Å². The highest BCUT2D eigenvalue weighted by Crippen LogP contribution is 2.17. The van der Waals surface area contributed by atoms with Crippen LogP contribution in [0.1, 0.15) is 19.0 Å². The molecule has 0 unspecified atom stereocenters. The van der Waals surface area contributed by atoms with Crippen LogP contribution in [0.25, 0.3) is 10.9 Å². The number of imidazole rings is 1. The minimum absolute atomic E-state index is 0.777. The number of nitrogens with one attached hydrogen (secondary N) is 2. The number of aromatic amines is 1. The van der Waals surface area contributed by atoms with E-state index in [1.54, 1.807) is 0 Å². The summed E-state index contributed by atoms with van der Waals surface area (Å²) in [5.74, 6) is 0. The number of aryl methyl sites for hydroxylation is 1. The first-order valence-electron chi connectivity index (χ1n) is 6.53. The van der Waals surface area contributed by atoms with E-state index in [2.05, 4.69) is 50.2 Å². The Hall–Kier alpha value is -2.30. The van der Waals surface area contributed by atoms with Gasteiger partial charge in [0, 0.05) is 23.8 Å². The van der Waals surface area contributed by atoms with E-state index in [4.69, 9.17) is 0 Å². The molecule has 1 aromatic carbocycles. The van der Waals surface area contributed by atoms with Crippen LogP contribution in [-0.4, -0.2) is 19.7 Å². The van der Waals surface area contributed by atoms with Gasteiger partial charge in [-0.15, -0.1) is 0 Å². The third kappa shape index (κ3) is 2.45. The van der Waals surface area contributed by atoms with Gasteiger partial charge in [0.15, 0.2) is 0 Å². The predicted octanol–water partition coefficient (Wildman–Crippen LogP) is 2.78. The monoisotopic (exact) mass is 255 g/mol. The summed E-state index contributed by atoms with van der Waals surface area (Å²) in [5, 5.41) is 11.5. The fourth-order valence-corrected chi connectivity index (χ4v) is 2.18. The van der Waals surface area contributed by atoms with Crippen molar-refractivity contribution in [3.8, 4) is 0 Å². The van der Waals surface area contributed by atoms with Crippen LogP contribution in [0, 0.1) is 0 Å². The Kier molecular flexibility index (Phi) is 3.18. The van der Waals surface area contributed by atoms with Gasteiger partial charge in [-0.3, -0.25) is 5.10 Å². The molecule has 5 nitrogen and oxygen atoms in total. The first-order valence-corrected chi connectivity index (χ1v) is 6.53. The second-order valence-corrected chi connectivity index (χ2v) is 4.60. The van der Waals surface area contributed by atoms with Crippen molar-refractivity contribution in [1.82, 2.24) is 19.7 Å². The Morgan fingerprint density at radius 1 is 1.32 bits per heavy atom. The Morgan fingerprint density at radius 2 is 2.26 bits per heavy atom. The molecule has 0 fully saturated rings. The van der Waals surface area contributed by atoms with Crippen LogP contribution < -0.4 is 5.32 Å². The first-order chi connectivity index (χ1) is 9.36. The van der Waals surface area contributed by atoms with Gasteiger partial charge < -0.3 is 9.88 Å². The lowest BCUT2D eigenvalue weighted by molar-refractivity contribution is 0.651. The van der Waals surface area contributed by atoms with Gasteiger partial charge in [-0.05, 0) is 24.6 Å². The average molecular weight is 255 g/mol. The van der Waals surface area contributed by atoms with E-state index in [-0.39, 0.29) is 0 Å². The number of H-pyrrole nitrogens is 1. The van der Waals surface area contributed by atoms with Crippen molar-refractivity contribution < 1.29 is 0 Å². The Balaban J connectivity index is 1.72. The van der Waals surface area contributed by atoms with Gasteiger partial charge in [-0.2, -0.15) is 5.10 Å². The van der Waals surface area contributed by atoms with Gasteiger partial charge in [-0.25, -0.2) is 4.98 Å². The predicted molar refractivity (Wildman–Crippen MR) is 75.9 cm³/mol. The van der Waals surface area contributed by atoms with Gasteiger partial charge in [0.2, 0.25) is 0 Å². The van der Waals surface area contributed by atoms with Gasteiger partial charge in [0.05, 0.1) is 30.3 Å². The van der Waals surface area contributed by atoms with Crippen molar-refractivity contribution >= 4 is 16.6 Å². The molecule has 2 N–H and O–H groups in total. The average Bonchev–Trinajstić information content (AvgIpc) is 3.05. The number of benzene rings is 1. The number of aromatic nitrogens is 4. The molecular weight excluding hydrogens is 238 g/mol. The van der Waals surface area contributed by atoms with Gasteiger partial charge >= 0.3 is 0 Å². The number of hydrogen-bond donors (Lipinski definition) is 2. The van der Waals surface area contributed by atoms with Crippen LogP contribution in [-0.2, 0) is 13.1 Å². The van der Waals surface area contributed by atoms with Crippen molar-refractivity contribution in [2.45, 2.75) is 26.4 Å². The fourth-order valence-electron chi connectivity index (χ4n) is 2.18. The summed E-state index contributed by atoms with van der Waals surface area (Å²) in [4.78, 5) is 4.20. The fraction of sp³-hybridized carbons (Fsp3) is 0.286. The van der Waals surface area contributed by atoms with E-state index in [9.17, 15) is 0 Å². The highest BCUT2D eigenvalue weighted by Gasteiger charge is 2.02.